The van der Waals surface area contributed by atoms with E-state index in [-0.39, 0.29) is 4.90 Å². The molecule has 0 aliphatic rings. The third kappa shape index (κ3) is 6.19. The van der Waals surface area contributed by atoms with Crippen LogP contribution in [0.15, 0.2) is 70.7 Å². The lowest BCUT2D eigenvalue weighted by Crippen LogP contribution is -2.40. The zero-order valence-corrected chi connectivity index (χ0v) is 21.2. The van der Waals surface area contributed by atoms with Gasteiger partial charge in [-0.05, 0) is 73.9 Å². The van der Waals surface area contributed by atoms with Gasteiger partial charge in [-0.15, -0.1) is 0 Å². The lowest BCUT2D eigenvalue weighted by Gasteiger charge is -2.25. The van der Waals surface area contributed by atoms with Crippen molar-refractivity contribution in [3.63, 3.8) is 0 Å². The highest BCUT2D eigenvalue weighted by Crippen LogP contribution is 2.28. The first-order valence-corrected chi connectivity index (χ1v) is 12.3. The molecule has 3 aromatic carbocycles. The third-order valence-corrected chi connectivity index (χ3v) is 7.11. The van der Waals surface area contributed by atoms with Crippen molar-refractivity contribution in [1.29, 1.82) is 0 Å². The van der Waals surface area contributed by atoms with Crippen LogP contribution in [0.3, 0.4) is 0 Å². The van der Waals surface area contributed by atoms with Crippen LogP contribution in [-0.4, -0.2) is 41.3 Å². The molecule has 3 rings (SSSR count). The van der Waals surface area contributed by atoms with Crippen LogP contribution in [0, 0.1) is 20.8 Å². The third-order valence-electron chi connectivity index (χ3n) is 5.34. The van der Waals surface area contributed by atoms with Crippen LogP contribution in [0.1, 0.15) is 22.3 Å². The molecule has 0 aliphatic carbocycles. The monoisotopic (exact) mass is 495 g/mol. The molecule has 9 heteroatoms. The second kappa shape index (κ2) is 11.1. The van der Waals surface area contributed by atoms with Crippen LogP contribution in [0.2, 0.25) is 0 Å². The largest absolute Gasteiger partial charge is 0.493 e. The van der Waals surface area contributed by atoms with Gasteiger partial charge in [0.1, 0.15) is 6.54 Å². The molecule has 0 unspecified atom stereocenters. The van der Waals surface area contributed by atoms with Crippen molar-refractivity contribution in [3.8, 4) is 11.5 Å². The summed E-state index contributed by atoms with van der Waals surface area (Å²) in [6.45, 7) is 5.11. The summed E-state index contributed by atoms with van der Waals surface area (Å²) < 4.78 is 38.7. The van der Waals surface area contributed by atoms with Crippen molar-refractivity contribution in [2.45, 2.75) is 25.7 Å². The summed E-state index contributed by atoms with van der Waals surface area (Å²) in [4.78, 5) is 12.9. The van der Waals surface area contributed by atoms with Crippen LogP contribution >= 0.6 is 0 Å². The molecule has 1 N–H and O–H groups in total. The van der Waals surface area contributed by atoms with Crippen molar-refractivity contribution >= 4 is 27.8 Å². The zero-order chi connectivity index (χ0) is 25.6. The number of rotatable bonds is 9. The minimum absolute atomic E-state index is 0.102. The number of nitrogens with zero attached hydrogens (tertiary/aromatic N) is 2. The quantitative estimate of drug-likeness (QED) is 0.358. The molecule has 35 heavy (non-hydrogen) atoms. The van der Waals surface area contributed by atoms with E-state index < -0.39 is 22.5 Å². The van der Waals surface area contributed by atoms with E-state index in [0.29, 0.717) is 22.7 Å². The lowest BCUT2D eigenvalue weighted by atomic mass is 10.1. The van der Waals surface area contributed by atoms with Crippen molar-refractivity contribution in [3.05, 3.63) is 82.9 Å². The Morgan fingerprint density at radius 1 is 0.914 bits per heavy atom. The summed E-state index contributed by atoms with van der Waals surface area (Å²) in [5.41, 5.74) is 6.06. The van der Waals surface area contributed by atoms with E-state index in [1.54, 1.807) is 43.3 Å². The number of hydrogen-bond acceptors (Lipinski definition) is 6. The van der Waals surface area contributed by atoms with Gasteiger partial charge in [-0.3, -0.25) is 9.10 Å². The summed E-state index contributed by atoms with van der Waals surface area (Å²) in [5, 5.41) is 3.98. The molecule has 0 aliphatic heterocycles. The smallest absolute Gasteiger partial charge is 0.264 e. The molecule has 0 fully saturated rings. The Bertz CT molecular complexity index is 1340. The summed E-state index contributed by atoms with van der Waals surface area (Å²) >= 11 is 0. The number of ether oxygens (including phenoxy) is 2. The van der Waals surface area contributed by atoms with Crippen LogP contribution in [0.25, 0.3) is 0 Å². The zero-order valence-electron chi connectivity index (χ0n) is 20.4. The topological polar surface area (TPSA) is 97.3 Å². The van der Waals surface area contributed by atoms with Crippen LogP contribution < -0.4 is 19.2 Å². The Labute approximate surface area is 206 Å². The molecule has 0 radical (unpaired) electrons. The van der Waals surface area contributed by atoms with E-state index in [4.69, 9.17) is 9.47 Å². The molecule has 0 atom stereocenters. The standard InChI is InChI=1S/C26H29N3O5S/c1-18-7-11-22(12-8-18)35(31,32)29(23-14-19(2)6-9-20(23)3)17-26(30)28-27-16-21-10-13-24(33-4)25(15-21)34-5/h6-16H,17H2,1-5H3,(H,28,30)/b27-16-. The molecule has 0 saturated heterocycles. The first-order valence-electron chi connectivity index (χ1n) is 10.9. The lowest BCUT2D eigenvalue weighted by molar-refractivity contribution is -0.119. The molecule has 184 valence electrons. The maximum absolute atomic E-state index is 13.6. The average molecular weight is 496 g/mol. The van der Waals surface area contributed by atoms with Crippen molar-refractivity contribution < 1.29 is 22.7 Å². The van der Waals surface area contributed by atoms with E-state index in [0.717, 1.165) is 21.0 Å². The Morgan fingerprint density at radius 2 is 1.57 bits per heavy atom. The van der Waals surface area contributed by atoms with E-state index in [9.17, 15) is 13.2 Å². The summed E-state index contributed by atoms with van der Waals surface area (Å²) in [7, 11) is -0.944. The number of methoxy groups -OCH3 is 2. The van der Waals surface area contributed by atoms with Gasteiger partial charge >= 0.3 is 0 Å². The average Bonchev–Trinajstić information content (AvgIpc) is 2.84. The van der Waals surface area contributed by atoms with E-state index in [2.05, 4.69) is 10.5 Å². The van der Waals surface area contributed by atoms with E-state index in [1.165, 1.54) is 32.6 Å². The molecule has 1 amide bonds. The number of hydrogen-bond donors (Lipinski definition) is 1. The summed E-state index contributed by atoms with van der Waals surface area (Å²) in [5.74, 6) is 0.505. The van der Waals surface area contributed by atoms with Crippen molar-refractivity contribution in [2.75, 3.05) is 25.1 Å². The maximum atomic E-state index is 13.6. The van der Waals surface area contributed by atoms with Gasteiger partial charge in [0.05, 0.1) is 31.0 Å². The second-order valence-corrected chi connectivity index (χ2v) is 9.88. The van der Waals surface area contributed by atoms with Gasteiger partial charge < -0.3 is 9.47 Å². The van der Waals surface area contributed by atoms with Gasteiger partial charge in [0, 0.05) is 0 Å². The van der Waals surface area contributed by atoms with Crippen LogP contribution in [0.5, 0.6) is 11.5 Å². The molecule has 0 heterocycles. The second-order valence-electron chi connectivity index (χ2n) is 8.02. The highest BCUT2D eigenvalue weighted by molar-refractivity contribution is 7.92. The summed E-state index contributed by atoms with van der Waals surface area (Å²) in [6, 6.07) is 17.2. The number of sulfonamides is 1. The number of benzene rings is 3. The van der Waals surface area contributed by atoms with E-state index >= 15 is 0 Å². The molecular formula is C26H29N3O5S. The van der Waals surface area contributed by atoms with Gasteiger partial charge in [-0.2, -0.15) is 5.10 Å². The molecule has 0 aromatic heterocycles. The molecule has 8 nitrogen and oxygen atoms in total. The molecular weight excluding hydrogens is 466 g/mol. The van der Waals surface area contributed by atoms with Gasteiger partial charge in [-0.1, -0.05) is 29.8 Å². The summed E-state index contributed by atoms with van der Waals surface area (Å²) in [6.07, 6.45) is 1.44. The number of aryl methyl sites for hydroxylation is 3. The van der Waals surface area contributed by atoms with Crippen LogP contribution in [0.4, 0.5) is 5.69 Å². The number of hydrazone groups is 1. The predicted octanol–water partition coefficient (Wildman–Crippen LogP) is 3.97. The van der Waals surface area contributed by atoms with Crippen molar-refractivity contribution in [1.82, 2.24) is 5.43 Å². The van der Waals surface area contributed by atoms with Crippen LogP contribution in [-0.2, 0) is 14.8 Å². The predicted molar refractivity (Wildman–Crippen MR) is 137 cm³/mol. The minimum Gasteiger partial charge on any atom is -0.493 e. The van der Waals surface area contributed by atoms with Gasteiger partial charge in [0.25, 0.3) is 15.9 Å². The number of anilines is 1. The Balaban J connectivity index is 1.86. The maximum Gasteiger partial charge on any atom is 0.264 e. The van der Waals surface area contributed by atoms with E-state index in [1.807, 2.05) is 26.0 Å². The Morgan fingerprint density at radius 3 is 2.23 bits per heavy atom. The van der Waals surface area contributed by atoms with Gasteiger partial charge in [0.2, 0.25) is 0 Å². The molecule has 0 bridgehead atoms. The number of carbonyl (C=O) groups excluding carboxylic acids is 1. The number of amides is 1. The first kappa shape index (κ1) is 25.8. The fourth-order valence-corrected chi connectivity index (χ4v) is 4.88. The number of carbonyl (C=O) groups is 1. The molecule has 0 spiro atoms. The highest BCUT2D eigenvalue weighted by atomic mass is 32.2. The highest BCUT2D eigenvalue weighted by Gasteiger charge is 2.28. The fourth-order valence-electron chi connectivity index (χ4n) is 3.40. The van der Waals surface area contributed by atoms with Crippen molar-refractivity contribution in [2.24, 2.45) is 5.10 Å². The molecule has 3 aromatic rings. The first-order chi connectivity index (χ1) is 16.6. The minimum atomic E-state index is -4.01. The fraction of sp³-hybridized carbons (Fsp3) is 0.231. The Hall–Kier alpha value is -3.85. The number of nitrogens with one attached hydrogen (secondary N) is 1. The Kier molecular flexibility index (Phi) is 8.14. The SMILES string of the molecule is COc1ccc(/C=N\NC(=O)CN(c2cc(C)ccc2C)S(=O)(=O)c2ccc(C)cc2)cc1OC. The normalized spacial score (nSPS) is 11.3. The van der Waals surface area contributed by atoms with Gasteiger partial charge in [-0.25, -0.2) is 13.8 Å². The van der Waals surface area contributed by atoms with Gasteiger partial charge in [0.15, 0.2) is 11.5 Å². The molecule has 0 saturated carbocycles.